The Hall–Kier alpha value is -3.73. The number of amides is 1. The molecule has 4 aromatic rings. The second-order valence-electron chi connectivity index (χ2n) is 7.09. The molecule has 0 spiro atoms. The summed E-state index contributed by atoms with van der Waals surface area (Å²) < 4.78 is 1.78. The third-order valence-electron chi connectivity index (χ3n) is 5.10. The molecule has 1 heterocycles. The molecule has 0 saturated heterocycles. The van der Waals surface area contributed by atoms with E-state index in [9.17, 15) is 9.59 Å². The number of aromatic nitrogens is 2. The fraction of sp³-hybridized carbons (Fsp3) is 0.160. The van der Waals surface area contributed by atoms with Crippen molar-refractivity contribution in [3.63, 3.8) is 0 Å². The summed E-state index contributed by atoms with van der Waals surface area (Å²) >= 11 is 0. The first-order valence-corrected chi connectivity index (χ1v) is 10.1. The van der Waals surface area contributed by atoms with Crippen molar-refractivity contribution in [3.8, 4) is 11.3 Å². The maximum Gasteiger partial charge on any atom is 0.277 e. The Morgan fingerprint density at radius 1 is 0.933 bits per heavy atom. The van der Waals surface area contributed by atoms with Gasteiger partial charge in [0, 0.05) is 18.5 Å². The van der Waals surface area contributed by atoms with E-state index in [0.717, 1.165) is 17.5 Å². The van der Waals surface area contributed by atoms with E-state index < -0.39 is 0 Å². The van der Waals surface area contributed by atoms with Crippen LogP contribution >= 0.6 is 0 Å². The third-order valence-corrected chi connectivity index (χ3v) is 5.10. The first kappa shape index (κ1) is 19.6. The van der Waals surface area contributed by atoms with Gasteiger partial charge in [-0.15, -0.1) is 0 Å². The number of carbonyl (C=O) groups excluding carboxylic acids is 1. The van der Waals surface area contributed by atoms with Crippen LogP contribution in [-0.4, -0.2) is 15.5 Å². The second-order valence-corrected chi connectivity index (χ2v) is 7.09. The molecule has 0 radical (unpaired) electrons. The lowest BCUT2D eigenvalue weighted by atomic mass is 10.1. The number of hydrogen-bond acceptors (Lipinski definition) is 3. The topological polar surface area (TPSA) is 64.0 Å². The van der Waals surface area contributed by atoms with Crippen LogP contribution < -0.4 is 10.9 Å². The predicted octanol–water partition coefficient (Wildman–Crippen LogP) is 4.65. The molecule has 3 aromatic carbocycles. The quantitative estimate of drug-likeness (QED) is 0.515. The molecule has 30 heavy (non-hydrogen) atoms. The number of para-hydroxylation sites is 3. The molecular formula is C25H23N3O2. The molecule has 1 amide bonds. The minimum atomic E-state index is -0.164. The molecule has 0 saturated carbocycles. The van der Waals surface area contributed by atoms with Crippen LogP contribution in [-0.2, 0) is 17.8 Å². The fourth-order valence-corrected chi connectivity index (χ4v) is 3.51. The lowest BCUT2D eigenvalue weighted by molar-refractivity contribution is -0.115. The van der Waals surface area contributed by atoms with Gasteiger partial charge in [-0.25, -0.2) is 4.98 Å². The number of anilines is 1. The van der Waals surface area contributed by atoms with Crippen LogP contribution in [0.2, 0.25) is 0 Å². The van der Waals surface area contributed by atoms with E-state index in [1.807, 2.05) is 60.7 Å². The van der Waals surface area contributed by atoms with Crippen molar-refractivity contribution in [1.29, 1.82) is 0 Å². The average molecular weight is 397 g/mol. The van der Waals surface area contributed by atoms with E-state index >= 15 is 0 Å². The standard InChI is InChI=1S/C25H23N3O2/c1-2-23(29)26-20-13-7-6-12-19(20)24-25(30)28(17-16-18-10-4-3-5-11-18)22-15-9-8-14-21(22)27-24/h3-15H,2,16-17H2,1H3,(H,26,29). The molecule has 1 aromatic heterocycles. The highest BCUT2D eigenvalue weighted by atomic mass is 16.1. The predicted molar refractivity (Wildman–Crippen MR) is 121 cm³/mol. The summed E-state index contributed by atoms with van der Waals surface area (Å²) in [4.78, 5) is 30.1. The van der Waals surface area contributed by atoms with E-state index in [1.165, 1.54) is 5.56 Å². The molecular weight excluding hydrogens is 374 g/mol. The van der Waals surface area contributed by atoms with Crippen LogP contribution in [0.1, 0.15) is 18.9 Å². The molecule has 1 N–H and O–H groups in total. The number of aryl methyl sites for hydroxylation is 2. The molecule has 5 heteroatoms. The largest absolute Gasteiger partial charge is 0.325 e. The van der Waals surface area contributed by atoms with Crippen molar-refractivity contribution in [1.82, 2.24) is 9.55 Å². The average Bonchev–Trinajstić information content (AvgIpc) is 2.79. The molecule has 150 valence electrons. The maximum atomic E-state index is 13.5. The van der Waals surface area contributed by atoms with Gasteiger partial charge in [-0.2, -0.15) is 0 Å². The molecule has 0 aliphatic heterocycles. The maximum absolute atomic E-state index is 13.5. The lowest BCUT2D eigenvalue weighted by Gasteiger charge is -2.15. The van der Waals surface area contributed by atoms with Gasteiger partial charge in [0.2, 0.25) is 5.91 Å². The highest BCUT2D eigenvalue weighted by molar-refractivity contribution is 5.95. The normalized spacial score (nSPS) is 10.8. The first-order valence-electron chi connectivity index (χ1n) is 10.1. The summed E-state index contributed by atoms with van der Waals surface area (Å²) in [5.74, 6) is -0.104. The van der Waals surface area contributed by atoms with Gasteiger partial charge >= 0.3 is 0 Å². The lowest BCUT2D eigenvalue weighted by Crippen LogP contribution is -2.25. The Labute approximate surface area is 175 Å². The Morgan fingerprint density at radius 2 is 1.63 bits per heavy atom. The number of hydrogen-bond donors (Lipinski definition) is 1. The number of benzene rings is 3. The minimum Gasteiger partial charge on any atom is -0.325 e. The number of rotatable bonds is 6. The van der Waals surface area contributed by atoms with Gasteiger partial charge in [0.05, 0.1) is 16.7 Å². The summed E-state index contributed by atoms with van der Waals surface area (Å²) in [6.45, 7) is 2.34. The van der Waals surface area contributed by atoms with Gasteiger partial charge in [-0.3, -0.25) is 9.59 Å². The summed E-state index contributed by atoms with van der Waals surface area (Å²) in [6.07, 6.45) is 1.10. The van der Waals surface area contributed by atoms with Gasteiger partial charge in [-0.1, -0.05) is 67.6 Å². The number of nitrogens with zero attached hydrogens (tertiary/aromatic N) is 2. The molecule has 0 unspecified atom stereocenters. The van der Waals surface area contributed by atoms with Crippen LogP contribution in [0, 0.1) is 0 Å². The number of nitrogens with one attached hydrogen (secondary N) is 1. The molecule has 0 atom stereocenters. The monoisotopic (exact) mass is 397 g/mol. The Balaban J connectivity index is 1.83. The minimum absolute atomic E-state index is 0.104. The zero-order valence-corrected chi connectivity index (χ0v) is 16.8. The van der Waals surface area contributed by atoms with Gasteiger partial charge in [0.1, 0.15) is 5.69 Å². The van der Waals surface area contributed by atoms with E-state index in [4.69, 9.17) is 0 Å². The molecule has 5 nitrogen and oxygen atoms in total. The molecule has 0 aliphatic carbocycles. The van der Waals surface area contributed by atoms with Crippen molar-refractivity contribution < 1.29 is 4.79 Å². The van der Waals surface area contributed by atoms with Gasteiger partial charge in [0.25, 0.3) is 5.56 Å². The van der Waals surface area contributed by atoms with E-state index in [0.29, 0.717) is 29.9 Å². The molecule has 0 fully saturated rings. The van der Waals surface area contributed by atoms with Gasteiger partial charge < -0.3 is 9.88 Å². The van der Waals surface area contributed by atoms with Gasteiger partial charge in [0.15, 0.2) is 0 Å². The van der Waals surface area contributed by atoms with Crippen LogP contribution in [0.5, 0.6) is 0 Å². The first-order chi connectivity index (χ1) is 14.7. The summed E-state index contributed by atoms with van der Waals surface area (Å²) in [5.41, 5.74) is 4.12. The van der Waals surface area contributed by atoms with Crippen LogP contribution in [0.25, 0.3) is 22.3 Å². The van der Waals surface area contributed by atoms with Crippen molar-refractivity contribution in [3.05, 3.63) is 94.8 Å². The fourth-order valence-electron chi connectivity index (χ4n) is 3.51. The molecule has 4 rings (SSSR count). The molecule has 0 aliphatic rings. The summed E-state index contributed by atoms with van der Waals surface area (Å²) in [5, 5.41) is 2.88. The number of fused-ring (bicyclic) bond motifs is 1. The zero-order valence-electron chi connectivity index (χ0n) is 16.8. The van der Waals surface area contributed by atoms with Crippen LogP contribution in [0.3, 0.4) is 0 Å². The Bertz CT molecular complexity index is 1250. The highest BCUT2D eigenvalue weighted by Gasteiger charge is 2.16. The summed E-state index contributed by atoms with van der Waals surface area (Å²) in [7, 11) is 0. The Kier molecular flexibility index (Phi) is 5.70. The van der Waals surface area contributed by atoms with Crippen LogP contribution in [0.4, 0.5) is 5.69 Å². The van der Waals surface area contributed by atoms with Crippen LogP contribution in [0.15, 0.2) is 83.7 Å². The smallest absolute Gasteiger partial charge is 0.277 e. The molecule has 0 bridgehead atoms. The third kappa shape index (κ3) is 4.01. The zero-order chi connectivity index (χ0) is 20.9. The highest BCUT2D eigenvalue weighted by Crippen LogP contribution is 2.26. The van der Waals surface area contributed by atoms with E-state index in [1.54, 1.807) is 17.6 Å². The van der Waals surface area contributed by atoms with Crippen molar-refractivity contribution in [2.75, 3.05) is 5.32 Å². The van der Waals surface area contributed by atoms with Crippen molar-refractivity contribution >= 4 is 22.6 Å². The second kappa shape index (κ2) is 8.74. The number of carbonyl (C=O) groups is 1. The van der Waals surface area contributed by atoms with Gasteiger partial charge in [-0.05, 0) is 30.2 Å². The van der Waals surface area contributed by atoms with E-state index in [2.05, 4.69) is 22.4 Å². The van der Waals surface area contributed by atoms with Crippen molar-refractivity contribution in [2.45, 2.75) is 26.3 Å². The Morgan fingerprint density at radius 3 is 2.43 bits per heavy atom. The summed E-state index contributed by atoms with van der Waals surface area (Å²) in [6, 6.07) is 25.1. The van der Waals surface area contributed by atoms with Crippen molar-refractivity contribution in [2.24, 2.45) is 0 Å². The SMILES string of the molecule is CCC(=O)Nc1ccccc1-c1nc2ccccc2n(CCc2ccccc2)c1=O. The van der Waals surface area contributed by atoms with E-state index in [-0.39, 0.29) is 11.5 Å².